The maximum Gasteiger partial charge on any atom is 0.351 e. The lowest BCUT2D eigenvalue weighted by molar-refractivity contribution is -0.170. The number of unbranched alkanes of at least 4 members (excludes halogenated alkanes) is 4. The highest BCUT2D eigenvalue weighted by Gasteiger charge is 2.42. The van der Waals surface area contributed by atoms with Crippen molar-refractivity contribution < 1.29 is 47.6 Å². The highest BCUT2D eigenvalue weighted by Crippen LogP contribution is 2.34. The van der Waals surface area contributed by atoms with Gasteiger partial charge in [-0.3, -0.25) is 0 Å². The third-order valence-corrected chi connectivity index (χ3v) is 11.5. The lowest BCUT2D eigenvalue weighted by atomic mass is 9.79. The molecule has 10 heteroatoms. The number of methoxy groups -OCH3 is 2. The normalized spacial score (nSPS) is 20.6. The van der Waals surface area contributed by atoms with Crippen LogP contribution in [-0.2, 0) is 28.5 Å². The number of carbonyl (C=O) groups is 4. The van der Waals surface area contributed by atoms with Crippen molar-refractivity contribution >= 4 is 23.9 Å². The Balaban J connectivity index is 1.25. The third-order valence-electron chi connectivity index (χ3n) is 11.5. The van der Waals surface area contributed by atoms with Crippen LogP contribution in [0.3, 0.4) is 0 Å². The number of carbonyl (C=O) groups excluding carboxylic acids is 4. The Morgan fingerprint density at radius 2 is 0.914 bits per heavy atom. The van der Waals surface area contributed by atoms with E-state index in [9.17, 15) is 19.2 Å². The van der Waals surface area contributed by atoms with Crippen molar-refractivity contribution in [1.82, 2.24) is 0 Å². The fraction of sp³-hybridized carbons (Fsp3) is 0.583. The molecule has 318 valence electrons. The third kappa shape index (κ3) is 15.6. The van der Waals surface area contributed by atoms with E-state index in [0.717, 1.165) is 26.1 Å². The fourth-order valence-electron chi connectivity index (χ4n) is 7.93. The van der Waals surface area contributed by atoms with E-state index in [-0.39, 0.29) is 11.1 Å². The van der Waals surface area contributed by atoms with Crippen LogP contribution in [0.15, 0.2) is 72.8 Å². The largest absolute Gasteiger partial charge is 0.490 e. The van der Waals surface area contributed by atoms with Crippen molar-refractivity contribution in [2.24, 2.45) is 23.7 Å². The van der Waals surface area contributed by atoms with Gasteiger partial charge in [-0.25, -0.2) is 19.2 Å². The van der Waals surface area contributed by atoms with Crippen LogP contribution in [0.4, 0.5) is 0 Å². The minimum atomic E-state index is -1.94. The molecule has 10 nitrogen and oxygen atoms in total. The van der Waals surface area contributed by atoms with E-state index in [1.54, 1.807) is 24.3 Å². The molecule has 2 saturated carbocycles. The van der Waals surface area contributed by atoms with Gasteiger partial charge in [0.1, 0.15) is 24.7 Å². The lowest BCUT2D eigenvalue weighted by Gasteiger charge is -2.26. The van der Waals surface area contributed by atoms with Gasteiger partial charge in [-0.15, -0.1) is 0 Å². The quantitative estimate of drug-likeness (QED) is 0.0464. The molecular formula is C48H66O10. The average Bonchev–Trinajstić information content (AvgIpc) is 3.26. The summed E-state index contributed by atoms with van der Waals surface area (Å²) in [5, 5.41) is 0. The summed E-state index contributed by atoms with van der Waals surface area (Å²) in [4.78, 5) is 52.0. The first-order chi connectivity index (χ1) is 28.2. The summed E-state index contributed by atoms with van der Waals surface area (Å²) in [6.07, 6.45) is 25.3. The van der Waals surface area contributed by atoms with Crippen molar-refractivity contribution in [2.45, 2.75) is 129 Å². The van der Waals surface area contributed by atoms with Gasteiger partial charge in [0.15, 0.2) is 0 Å². The molecule has 2 aliphatic carbocycles. The number of hydrogen-bond acceptors (Lipinski definition) is 10. The molecule has 2 aromatic rings. The van der Waals surface area contributed by atoms with E-state index in [2.05, 4.69) is 26.0 Å². The summed E-state index contributed by atoms with van der Waals surface area (Å²) < 4.78 is 32.2. The first-order valence-electron chi connectivity index (χ1n) is 21.6. The number of benzene rings is 2. The molecule has 0 bridgehead atoms. The second-order valence-corrected chi connectivity index (χ2v) is 15.8. The summed E-state index contributed by atoms with van der Waals surface area (Å²) >= 11 is 0. The van der Waals surface area contributed by atoms with E-state index < -0.39 is 36.1 Å². The van der Waals surface area contributed by atoms with Gasteiger partial charge >= 0.3 is 23.9 Å². The molecule has 58 heavy (non-hydrogen) atoms. The maximum absolute atomic E-state index is 13.2. The monoisotopic (exact) mass is 802 g/mol. The van der Waals surface area contributed by atoms with Crippen LogP contribution < -0.4 is 9.47 Å². The topological polar surface area (TPSA) is 124 Å². The molecule has 0 saturated heterocycles. The molecule has 0 amide bonds. The Morgan fingerprint density at radius 3 is 1.24 bits per heavy atom. The number of esters is 4. The highest BCUT2D eigenvalue weighted by atomic mass is 16.6. The van der Waals surface area contributed by atoms with E-state index >= 15 is 0 Å². The number of ether oxygens (including phenoxy) is 6. The SMILES string of the molecule is CCCCC[C@H]1CC[C@H](/C=C/COc2ccc(C(=O)O[C@@H](C(=O)OC)[C@@H](OC(=O)c3ccc(OC/C=C/[C@H]4CC[C@H](CCCCC)CC4)cc3)C(=O)OC)cc2)CC1. The zero-order valence-corrected chi connectivity index (χ0v) is 35.2. The molecule has 2 aromatic carbocycles. The molecular weight excluding hydrogens is 737 g/mol. The van der Waals surface area contributed by atoms with Gasteiger partial charge < -0.3 is 28.4 Å². The molecule has 0 radical (unpaired) electrons. The molecule has 4 rings (SSSR count). The minimum absolute atomic E-state index is 0.0815. The first-order valence-corrected chi connectivity index (χ1v) is 21.6. The zero-order valence-electron chi connectivity index (χ0n) is 35.2. The van der Waals surface area contributed by atoms with Gasteiger partial charge in [0.05, 0.1) is 25.3 Å². The Labute approximate surface area is 346 Å². The van der Waals surface area contributed by atoms with Crippen molar-refractivity contribution in [3.63, 3.8) is 0 Å². The van der Waals surface area contributed by atoms with Crippen LogP contribution in [-0.4, -0.2) is 63.5 Å². The van der Waals surface area contributed by atoms with Crippen molar-refractivity contribution in [3.05, 3.63) is 84.0 Å². The smallest absolute Gasteiger partial charge is 0.351 e. The molecule has 0 N–H and O–H groups in total. The zero-order chi connectivity index (χ0) is 41.5. The minimum Gasteiger partial charge on any atom is -0.490 e. The number of rotatable bonds is 23. The van der Waals surface area contributed by atoms with Crippen LogP contribution in [0, 0.1) is 23.7 Å². The Bertz CT molecular complexity index is 1460. The van der Waals surface area contributed by atoms with Crippen LogP contribution in [0.5, 0.6) is 11.5 Å². The molecule has 2 aliphatic rings. The lowest BCUT2D eigenvalue weighted by Crippen LogP contribution is -2.47. The van der Waals surface area contributed by atoms with Crippen LogP contribution in [0.1, 0.15) is 137 Å². The van der Waals surface area contributed by atoms with Gasteiger partial charge in [-0.2, -0.15) is 0 Å². The van der Waals surface area contributed by atoms with Crippen molar-refractivity contribution in [1.29, 1.82) is 0 Å². The van der Waals surface area contributed by atoms with Crippen molar-refractivity contribution in [2.75, 3.05) is 27.4 Å². The van der Waals surface area contributed by atoms with E-state index in [0.29, 0.717) is 36.5 Å². The molecule has 2 fully saturated rings. The second-order valence-electron chi connectivity index (χ2n) is 15.8. The molecule has 0 spiro atoms. The molecule has 0 aromatic heterocycles. The summed E-state index contributed by atoms with van der Waals surface area (Å²) in [6.45, 7) is 5.28. The Hall–Kier alpha value is -4.60. The predicted octanol–water partition coefficient (Wildman–Crippen LogP) is 10.4. The van der Waals surface area contributed by atoms with Crippen LogP contribution >= 0.6 is 0 Å². The van der Waals surface area contributed by atoms with Gasteiger partial charge in [0, 0.05) is 0 Å². The molecule has 0 unspecified atom stereocenters. The predicted molar refractivity (Wildman–Crippen MR) is 224 cm³/mol. The van der Waals surface area contributed by atoms with Crippen molar-refractivity contribution in [3.8, 4) is 11.5 Å². The fourth-order valence-corrected chi connectivity index (χ4v) is 7.93. The summed E-state index contributed by atoms with van der Waals surface area (Å²) in [7, 11) is 2.13. The molecule has 0 aliphatic heterocycles. The molecule has 0 heterocycles. The highest BCUT2D eigenvalue weighted by molar-refractivity contribution is 5.96. The molecule has 2 atom stereocenters. The van der Waals surface area contributed by atoms with E-state index in [1.165, 1.54) is 127 Å². The second kappa shape index (κ2) is 25.7. The number of allylic oxidation sites excluding steroid dienone is 2. The summed E-state index contributed by atoms with van der Waals surface area (Å²) in [5.41, 5.74) is 0.163. The Morgan fingerprint density at radius 1 is 0.552 bits per heavy atom. The summed E-state index contributed by atoms with van der Waals surface area (Å²) in [5.74, 6) is -0.117. The average molecular weight is 803 g/mol. The van der Waals surface area contributed by atoms with Gasteiger partial charge in [-0.05, 0) is 124 Å². The summed E-state index contributed by atoms with van der Waals surface area (Å²) in [6, 6.07) is 12.4. The van der Waals surface area contributed by atoms with Crippen LogP contribution in [0.25, 0.3) is 0 Å². The van der Waals surface area contributed by atoms with Gasteiger partial charge in [0.2, 0.25) is 12.2 Å². The van der Waals surface area contributed by atoms with Gasteiger partial charge in [0.25, 0.3) is 0 Å². The van der Waals surface area contributed by atoms with Gasteiger partial charge in [-0.1, -0.05) is 89.5 Å². The van der Waals surface area contributed by atoms with E-state index in [4.69, 9.17) is 28.4 Å². The maximum atomic E-state index is 13.2. The Kier molecular flexibility index (Phi) is 20.4. The van der Waals surface area contributed by atoms with E-state index in [1.807, 2.05) is 12.2 Å². The first kappa shape index (κ1) is 46.1. The standard InChI is InChI=1S/C48H66O10/c1-5-7-9-13-35-17-21-37(22-18-35)15-11-33-55-41-29-25-39(26-30-41)45(49)57-43(47(51)53-3)44(48(52)54-4)58-46(50)40-27-31-42(32-28-40)56-34-12-16-38-23-19-36(20-24-38)14-10-8-6-2/h11-12,15-16,25-32,35-38,43-44H,5-10,13-14,17-24,33-34H2,1-4H3/b15-11+,16-12+/t35-,36-,37-,38-,43-,44-/m1/s1. The van der Waals surface area contributed by atoms with Crippen LogP contribution in [0.2, 0.25) is 0 Å². The number of hydrogen-bond donors (Lipinski definition) is 0.